The minimum absolute atomic E-state index is 0.117. The molecule has 120 valence electrons. The number of imide groups is 1. The molecule has 3 heterocycles. The van der Waals surface area contributed by atoms with Gasteiger partial charge in [0.2, 0.25) is 5.91 Å². The number of carbonyl (C=O) groups excluding carboxylic acids is 2. The van der Waals surface area contributed by atoms with Gasteiger partial charge in [-0.15, -0.1) is 0 Å². The number of nitrogens with one attached hydrogen (secondary N) is 1. The molecular formula is C14H22N6O2. The number of rotatable bonds is 4. The maximum Gasteiger partial charge on any atom is 0.324 e. The highest BCUT2D eigenvalue weighted by Gasteiger charge is 2.32. The Labute approximate surface area is 129 Å². The van der Waals surface area contributed by atoms with Gasteiger partial charge < -0.3 is 5.32 Å². The van der Waals surface area contributed by atoms with E-state index in [0.717, 1.165) is 37.6 Å². The van der Waals surface area contributed by atoms with E-state index in [1.165, 1.54) is 4.90 Å². The van der Waals surface area contributed by atoms with Gasteiger partial charge in [-0.1, -0.05) is 0 Å². The Morgan fingerprint density at radius 1 is 1.36 bits per heavy atom. The van der Waals surface area contributed by atoms with E-state index in [0.29, 0.717) is 19.6 Å². The predicted molar refractivity (Wildman–Crippen MR) is 79.2 cm³/mol. The average Bonchev–Trinajstić information content (AvgIpc) is 3.14. The van der Waals surface area contributed by atoms with E-state index >= 15 is 0 Å². The zero-order valence-electron chi connectivity index (χ0n) is 13.1. The smallest absolute Gasteiger partial charge is 0.324 e. The van der Waals surface area contributed by atoms with Crippen LogP contribution in [0.4, 0.5) is 4.79 Å². The largest absolute Gasteiger partial charge is 0.336 e. The van der Waals surface area contributed by atoms with Crippen LogP contribution in [-0.2, 0) is 11.3 Å². The molecule has 2 aliphatic heterocycles. The van der Waals surface area contributed by atoms with Crippen molar-refractivity contribution < 1.29 is 9.59 Å². The number of hydrogen-bond acceptors (Lipinski definition) is 5. The summed E-state index contributed by atoms with van der Waals surface area (Å²) in [4.78, 5) is 31.6. The summed E-state index contributed by atoms with van der Waals surface area (Å²) in [5.74, 6) is 1.55. The van der Waals surface area contributed by atoms with E-state index in [2.05, 4.69) is 20.3 Å². The fourth-order valence-corrected chi connectivity index (χ4v) is 3.21. The number of carbonyl (C=O) groups is 2. The second-order valence-corrected chi connectivity index (χ2v) is 5.93. The van der Waals surface area contributed by atoms with Crippen LogP contribution in [-0.4, -0.2) is 68.7 Å². The molecule has 0 unspecified atom stereocenters. The molecule has 0 spiro atoms. The quantitative estimate of drug-likeness (QED) is 0.840. The molecule has 8 heteroatoms. The molecule has 0 bridgehead atoms. The van der Waals surface area contributed by atoms with Crippen molar-refractivity contribution in [2.24, 2.45) is 0 Å². The van der Waals surface area contributed by atoms with Gasteiger partial charge in [0.05, 0.1) is 13.1 Å². The molecule has 2 saturated heterocycles. The van der Waals surface area contributed by atoms with Gasteiger partial charge in [0.15, 0.2) is 0 Å². The summed E-state index contributed by atoms with van der Waals surface area (Å²) in [6.07, 6.45) is 2.11. The fourth-order valence-electron chi connectivity index (χ4n) is 3.21. The summed E-state index contributed by atoms with van der Waals surface area (Å²) in [6, 6.07) is -0.00194. The lowest BCUT2D eigenvalue weighted by Crippen LogP contribution is -2.44. The van der Waals surface area contributed by atoms with Crippen molar-refractivity contribution in [3.63, 3.8) is 0 Å². The van der Waals surface area contributed by atoms with Gasteiger partial charge >= 0.3 is 6.03 Å². The van der Waals surface area contributed by atoms with Gasteiger partial charge in [-0.2, -0.15) is 5.10 Å². The SMILES string of the molecule is Cc1nc(C)n(C[C@H]2CCCN2CC(=O)N2CCNC2=O)n1. The summed E-state index contributed by atoms with van der Waals surface area (Å²) in [6.45, 7) is 6.77. The lowest BCUT2D eigenvalue weighted by molar-refractivity contribution is -0.129. The van der Waals surface area contributed by atoms with Crippen LogP contribution in [0.25, 0.3) is 0 Å². The zero-order valence-corrected chi connectivity index (χ0v) is 13.1. The van der Waals surface area contributed by atoms with Crippen molar-refractivity contribution in [3.05, 3.63) is 11.6 Å². The highest BCUT2D eigenvalue weighted by atomic mass is 16.2. The van der Waals surface area contributed by atoms with Crippen molar-refractivity contribution in [1.29, 1.82) is 0 Å². The molecule has 2 aliphatic rings. The minimum atomic E-state index is -0.275. The summed E-state index contributed by atoms with van der Waals surface area (Å²) >= 11 is 0. The first-order valence-corrected chi connectivity index (χ1v) is 7.75. The zero-order chi connectivity index (χ0) is 15.7. The first kappa shape index (κ1) is 15.0. The third kappa shape index (κ3) is 2.96. The third-order valence-corrected chi connectivity index (χ3v) is 4.34. The Hall–Kier alpha value is -1.96. The van der Waals surface area contributed by atoms with E-state index in [1.807, 2.05) is 18.5 Å². The van der Waals surface area contributed by atoms with Gasteiger partial charge in [0.25, 0.3) is 0 Å². The van der Waals surface area contributed by atoms with Crippen molar-refractivity contribution in [1.82, 2.24) is 29.9 Å². The predicted octanol–water partition coefficient (Wildman–Crippen LogP) is -0.0889. The van der Waals surface area contributed by atoms with Gasteiger partial charge in [-0.05, 0) is 33.2 Å². The lowest BCUT2D eigenvalue weighted by Gasteiger charge is -2.25. The van der Waals surface area contributed by atoms with Crippen LogP contribution in [0, 0.1) is 13.8 Å². The van der Waals surface area contributed by atoms with Crippen molar-refractivity contribution in [2.75, 3.05) is 26.2 Å². The van der Waals surface area contributed by atoms with E-state index in [9.17, 15) is 9.59 Å². The third-order valence-electron chi connectivity index (χ3n) is 4.34. The molecule has 3 rings (SSSR count). The Balaban J connectivity index is 1.62. The van der Waals surface area contributed by atoms with Gasteiger partial charge in [-0.3, -0.25) is 14.6 Å². The molecule has 0 saturated carbocycles. The number of hydrogen-bond donors (Lipinski definition) is 1. The van der Waals surface area contributed by atoms with E-state index in [1.54, 1.807) is 0 Å². The first-order chi connectivity index (χ1) is 10.5. The van der Waals surface area contributed by atoms with Crippen LogP contribution in [0.3, 0.4) is 0 Å². The van der Waals surface area contributed by atoms with Gasteiger partial charge in [0, 0.05) is 19.1 Å². The normalized spacial score (nSPS) is 22.4. The maximum absolute atomic E-state index is 12.3. The van der Waals surface area contributed by atoms with Crippen LogP contribution in [0.15, 0.2) is 0 Å². The molecule has 0 aromatic carbocycles. The molecule has 1 aromatic heterocycles. The Morgan fingerprint density at radius 3 is 2.82 bits per heavy atom. The number of nitrogens with zero attached hydrogens (tertiary/aromatic N) is 5. The average molecular weight is 306 g/mol. The molecule has 2 fully saturated rings. The molecular weight excluding hydrogens is 284 g/mol. The second kappa shape index (κ2) is 6.04. The van der Waals surface area contributed by atoms with Crippen LogP contribution < -0.4 is 5.32 Å². The molecule has 0 radical (unpaired) electrons. The molecule has 0 aliphatic carbocycles. The van der Waals surface area contributed by atoms with Crippen LogP contribution >= 0.6 is 0 Å². The second-order valence-electron chi connectivity index (χ2n) is 5.93. The number of urea groups is 1. The number of aryl methyl sites for hydroxylation is 2. The molecule has 8 nitrogen and oxygen atoms in total. The van der Waals surface area contributed by atoms with Crippen LogP contribution in [0.2, 0.25) is 0 Å². The summed E-state index contributed by atoms with van der Waals surface area (Å²) in [5, 5.41) is 7.06. The molecule has 22 heavy (non-hydrogen) atoms. The topological polar surface area (TPSA) is 83.4 Å². The van der Waals surface area contributed by atoms with Crippen molar-refractivity contribution in [3.8, 4) is 0 Å². The maximum atomic E-state index is 12.3. The molecule has 1 atom stereocenters. The van der Waals surface area contributed by atoms with E-state index < -0.39 is 0 Å². The number of likely N-dealkylation sites (tertiary alicyclic amines) is 1. The standard InChI is InChI=1S/C14H22N6O2/c1-10-16-11(2)20(17-10)8-12-4-3-6-18(12)9-13(21)19-7-5-15-14(19)22/h12H,3-9H2,1-2H3,(H,15,22)/t12-/m1/s1. The highest BCUT2D eigenvalue weighted by Crippen LogP contribution is 2.19. The van der Waals surface area contributed by atoms with Crippen LogP contribution in [0.5, 0.6) is 0 Å². The van der Waals surface area contributed by atoms with Crippen molar-refractivity contribution in [2.45, 2.75) is 39.3 Å². The van der Waals surface area contributed by atoms with Crippen molar-refractivity contribution >= 4 is 11.9 Å². The van der Waals surface area contributed by atoms with E-state index in [-0.39, 0.29) is 18.0 Å². The highest BCUT2D eigenvalue weighted by molar-refractivity contribution is 5.96. The Kier molecular flexibility index (Phi) is 4.10. The number of aromatic nitrogens is 3. The fraction of sp³-hybridized carbons (Fsp3) is 0.714. The monoisotopic (exact) mass is 306 g/mol. The van der Waals surface area contributed by atoms with Gasteiger partial charge in [-0.25, -0.2) is 14.5 Å². The van der Waals surface area contributed by atoms with Gasteiger partial charge in [0.1, 0.15) is 11.6 Å². The van der Waals surface area contributed by atoms with Crippen LogP contribution in [0.1, 0.15) is 24.5 Å². The summed E-state index contributed by atoms with van der Waals surface area (Å²) in [5.41, 5.74) is 0. The summed E-state index contributed by atoms with van der Waals surface area (Å²) < 4.78 is 1.91. The number of amides is 3. The first-order valence-electron chi connectivity index (χ1n) is 7.75. The summed E-state index contributed by atoms with van der Waals surface area (Å²) in [7, 11) is 0. The minimum Gasteiger partial charge on any atom is -0.336 e. The molecule has 1 N–H and O–H groups in total. The molecule has 3 amide bonds. The Bertz CT molecular complexity index is 584. The Morgan fingerprint density at radius 2 is 2.18 bits per heavy atom. The lowest BCUT2D eigenvalue weighted by atomic mass is 10.2. The molecule has 1 aromatic rings. The van der Waals surface area contributed by atoms with E-state index in [4.69, 9.17) is 0 Å².